The van der Waals surface area contributed by atoms with Crippen molar-refractivity contribution in [3.8, 4) is 0 Å². The molecule has 0 bridgehead atoms. The predicted octanol–water partition coefficient (Wildman–Crippen LogP) is 3.58. The lowest BCUT2D eigenvalue weighted by atomic mass is 9.75. The zero-order valence-corrected chi connectivity index (χ0v) is 14.3. The summed E-state index contributed by atoms with van der Waals surface area (Å²) in [5.74, 6) is 1.85. The number of nitrogens with two attached hydrogens (primary N) is 1. The van der Waals surface area contributed by atoms with E-state index in [1.807, 2.05) is 0 Å². The van der Waals surface area contributed by atoms with Crippen LogP contribution in [0.25, 0.3) is 0 Å². The van der Waals surface area contributed by atoms with Crippen molar-refractivity contribution >= 4 is 5.97 Å². The van der Waals surface area contributed by atoms with E-state index in [0.717, 1.165) is 31.3 Å². The lowest BCUT2D eigenvalue weighted by Gasteiger charge is -2.36. The number of carboxylic acid groups (broad SMARTS) is 1. The van der Waals surface area contributed by atoms with Gasteiger partial charge in [0, 0.05) is 6.61 Å². The zero-order valence-electron chi connectivity index (χ0n) is 14.3. The molecule has 4 nitrogen and oxygen atoms in total. The summed E-state index contributed by atoms with van der Waals surface area (Å²) in [6.07, 6.45) is 13.9. The average molecular weight is 323 g/mol. The summed E-state index contributed by atoms with van der Waals surface area (Å²) < 4.78 is 6.28. The van der Waals surface area contributed by atoms with Crippen LogP contribution in [0.4, 0.5) is 0 Å². The fraction of sp³-hybridized carbons (Fsp3) is 0.947. The van der Waals surface area contributed by atoms with Crippen LogP contribution in [0.15, 0.2) is 0 Å². The van der Waals surface area contributed by atoms with Gasteiger partial charge in [-0.2, -0.15) is 0 Å². The molecule has 0 radical (unpaired) electrons. The molecule has 0 saturated heterocycles. The highest BCUT2D eigenvalue weighted by Gasteiger charge is 2.41. The first-order valence-corrected chi connectivity index (χ1v) is 9.73. The predicted molar refractivity (Wildman–Crippen MR) is 90.1 cm³/mol. The Morgan fingerprint density at radius 1 is 1.09 bits per heavy atom. The van der Waals surface area contributed by atoms with Gasteiger partial charge in [0.05, 0.1) is 6.10 Å². The topological polar surface area (TPSA) is 72.5 Å². The SMILES string of the molecule is NC(CC1CCC2CCC(OCC3CCCCC3)CC21)C(=O)O. The Balaban J connectivity index is 1.47. The van der Waals surface area contributed by atoms with Crippen molar-refractivity contribution in [2.24, 2.45) is 29.4 Å². The summed E-state index contributed by atoms with van der Waals surface area (Å²) in [5, 5.41) is 9.07. The van der Waals surface area contributed by atoms with Crippen LogP contribution in [0.3, 0.4) is 0 Å². The quantitative estimate of drug-likeness (QED) is 0.783. The Morgan fingerprint density at radius 3 is 2.57 bits per heavy atom. The molecule has 0 aromatic heterocycles. The van der Waals surface area contributed by atoms with E-state index in [2.05, 4.69) is 0 Å². The second-order valence-corrected chi connectivity index (χ2v) is 8.21. The number of aliphatic carboxylic acids is 1. The maximum atomic E-state index is 11.0. The Kier molecular flexibility index (Phi) is 5.97. The number of ether oxygens (including phenoxy) is 1. The van der Waals surface area contributed by atoms with Gasteiger partial charge in [-0.1, -0.05) is 19.3 Å². The van der Waals surface area contributed by atoms with Gasteiger partial charge in [-0.3, -0.25) is 4.79 Å². The molecule has 3 aliphatic rings. The summed E-state index contributed by atoms with van der Waals surface area (Å²) >= 11 is 0. The first-order chi connectivity index (χ1) is 11.1. The Morgan fingerprint density at radius 2 is 1.83 bits per heavy atom. The van der Waals surface area contributed by atoms with E-state index in [-0.39, 0.29) is 0 Å². The van der Waals surface area contributed by atoms with Crippen LogP contribution in [0.2, 0.25) is 0 Å². The molecule has 5 atom stereocenters. The third-order valence-corrected chi connectivity index (χ3v) is 6.68. The van der Waals surface area contributed by atoms with Crippen LogP contribution in [-0.4, -0.2) is 29.8 Å². The van der Waals surface area contributed by atoms with Crippen molar-refractivity contribution in [2.45, 2.75) is 82.8 Å². The maximum Gasteiger partial charge on any atom is 0.320 e. The summed E-state index contributed by atoms with van der Waals surface area (Å²) in [6.45, 7) is 0.946. The number of rotatable bonds is 6. The van der Waals surface area contributed by atoms with E-state index in [0.29, 0.717) is 24.4 Å². The van der Waals surface area contributed by atoms with E-state index in [9.17, 15) is 4.79 Å². The molecule has 0 aromatic carbocycles. The fourth-order valence-corrected chi connectivity index (χ4v) is 5.30. The van der Waals surface area contributed by atoms with E-state index < -0.39 is 12.0 Å². The van der Waals surface area contributed by atoms with E-state index in [1.54, 1.807) is 0 Å². The first-order valence-electron chi connectivity index (χ1n) is 9.73. The molecule has 132 valence electrons. The highest BCUT2D eigenvalue weighted by Crippen LogP contribution is 2.48. The van der Waals surface area contributed by atoms with Crippen molar-refractivity contribution in [2.75, 3.05) is 6.61 Å². The number of carbonyl (C=O) groups is 1. The van der Waals surface area contributed by atoms with E-state index >= 15 is 0 Å². The Hall–Kier alpha value is -0.610. The standard InChI is InChI=1S/C19H33NO3/c20-18(19(21)22)10-15-7-6-14-8-9-16(11-17(14)15)23-12-13-4-2-1-3-5-13/h13-18H,1-12,20H2,(H,21,22). The molecular weight excluding hydrogens is 290 g/mol. The smallest absolute Gasteiger partial charge is 0.320 e. The van der Waals surface area contributed by atoms with Crippen LogP contribution in [0.1, 0.15) is 70.6 Å². The summed E-state index contributed by atoms with van der Waals surface area (Å²) in [7, 11) is 0. The number of hydrogen-bond donors (Lipinski definition) is 2. The first kappa shape index (κ1) is 17.2. The molecule has 23 heavy (non-hydrogen) atoms. The van der Waals surface area contributed by atoms with Crippen molar-refractivity contribution in [1.29, 1.82) is 0 Å². The van der Waals surface area contributed by atoms with Gasteiger partial charge < -0.3 is 15.6 Å². The molecule has 0 heterocycles. The monoisotopic (exact) mass is 323 g/mol. The molecule has 3 fully saturated rings. The molecule has 3 rings (SSSR count). The molecule has 0 spiro atoms. The summed E-state index contributed by atoms with van der Waals surface area (Å²) in [5.41, 5.74) is 5.78. The molecule has 0 aromatic rings. The van der Waals surface area contributed by atoms with Crippen molar-refractivity contribution < 1.29 is 14.6 Å². The average Bonchev–Trinajstić information content (AvgIpc) is 2.96. The number of fused-ring (bicyclic) bond motifs is 1. The minimum atomic E-state index is -0.852. The van der Waals surface area contributed by atoms with Gasteiger partial charge in [0.15, 0.2) is 0 Å². The van der Waals surface area contributed by atoms with E-state index in [4.69, 9.17) is 15.6 Å². The molecule has 5 unspecified atom stereocenters. The van der Waals surface area contributed by atoms with Crippen molar-refractivity contribution in [3.05, 3.63) is 0 Å². The van der Waals surface area contributed by atoms with Gasteiger partial charge in [0.2, 0.25) is 0 Å². The summed E-state index contributed by atoms with van der Waals surface area (Å²) in [6, 6.07) is -0.692. The molecular formula is C19H33NO3. The Bertz CT molecular complexity index is 394. The second kappa shape index (κ2) is 7.98. The second-order valence-electron chi connectivity index (χ2n) is 8.21. The zero-order chi connectivity index (χ0) is 16.2. The lowest BCUT2D eigenvalue weighted by molar-refractivity contribution is -0.139. The van der Waals surface area contributed by atoms with Crippen LogP contribution in [0.5, 0.6) is 0 Å². The minimum Gasteiger partial charge on any atom is -0.480 e. The van der Waals surface area contributed by atoms with Gasteiger partial charge >= 0.3 is 5.97 Å². The van der Waals surface area contributed by atoms with Gasteiger partial charge in [-0.15, -0.1) is 0 Å². The normalized spacial score (nSPS) is 36.6. The van der Waals surface area contributed by atoms with E-state index in [1.165, 1.54) is 51.4 Å². The maximum absolute atomic E-state index is 11.0. The Labute approximate surface area is 140 Å². The van der Waals surface area contributed by atoms with Gasteiger partial charge in [-0.25, -0.2) is 0 Å². The third kappa shape index (κ3) is 4.48. The highest BCUT2D eigenvalue weighted by molar-refractivity contribution is 5.73. The van der Waals surface area contributed by atoms with Crippen LogP contribution >= 0.6 is 0 Å². The molecule has 3 N–H and O–H groups in total. The molecule has 4 heteroatoms. The largest absolute Gasteiger partial charge is 0.480 e. The van der Waals surface area contributed by atoms with Crippen LogP contribution < -0.4 is 5.73 Å². The van der Waals surface area contributed by atoms with Crippen LogP contribution in [0, 0.1) is 23.7 Å². The lowest BCUT2D eigenvalue weighted by Crippen LogP contribution is -2.36. The molecule has 0 aliphatic heterocycles. The third-order valence-electron chi connectivity index (χ3n) is 6.68. The minimum absolute atomic E-state index is 0.403. The summed E-state index contributed by atoms with van der Waals surface area (Å²) in [4.78, 5) is 11.0. The van der Waals surface area contributed by atoms with Crippen LogP contribution in [-0.2, 0) is 9.53 Å². The van der Waals surface area contributed by atoms with Crippen molar-refractivity contribution in [3.63, 3.8) is 0 Å². The molecule has 3 saturated carbocycles. The van der Waals surface area contributed by atoms with Gasteiger partial charge in [-0.05, 0) is 75.0 Å². The highest BCUT2D eigenvalue weighted by atomic mass is 16.5. The molecule has 3 aliphatic carbocycles. The van der Waals surface area contributed by atoms with Gasteiger partial charge in [0.1, 0.15) is 6.04 Å². The van der Waals surface area contributed by atoms with Crippen molar-refractivity contribution in [1.82, 2.24) is 0 Å². The number of carboxylic acids is 1. The van der Waals surface area contributed by atoms with Gasteiger partial charge in [0.25, 0.3) is 0 Å². The number of hydrogen-bond acceptors (Lipinski definition) is 3. The fourth-order valence-electron chi connectivity index (χ4n) is 5.30. The molecule has 0 amide bonds.